The molecule has 1 saturated heterocycles. The molecule has 0 radical (unpaired) electrons. The first kappa shape index (κ1) is 10.2. The molecule has 1 aromatic heterocycles. The van der Waals surface area contributed by atoms with E-state index in [4.69, 9.17) is 0 Å². The second-order valence-corrected chi connectivity index (χ2v) is 5.45. The average molecular weight is 229 g/mol. The molecule has 1 N–H and O–H groups in total. The van der Waals surface area contributed by atoms with Crippen LogP contribution in [0.15, 0.2) is 0 Å². The molecule has 78 valence electrons. The lowest BCUT2D eigenvalue weighted by Gasteiger charge is -2.01. The van der Waals surface area contributed by atoms with Gasteiger partial charge < -0.3 is 5.32 Å². The van der Waals surface area contributed by atoms with Gasteiger partial charge in [0.2, 0.25) is 5.13 Å². The van der Waals surface area contributed by atoms with E-state index in [0.29, 0.717) is 5.25 Å². The molecule has 14 heavy (non-hydrogen) atoms. The molecule has 0 amide bonds. The van der Waals surface area contributed by atoms with E-state index in [9.17, 15) is 0 Å². The van der Waals surface area contributed by atoms with Crippen molar-refractivity contribution in [2.45, 2.75) is 31.4 Å². The van der Waals surface area contributed by atoms with Gasteiger partial charge in [-0.15, -0.1) is 0 Å². The summed E-state index contributed by atoms with van der Waals surface area (Å²) in [7, 11) is 0. The molecule has 0 bridgehead atoms. The fourth-order valence-electron chi connectivity index (χ4n) is 1.45. The van der Waals surface area contributed by atoms with Crippen molar-refractivity contribution < 1.29 is 0 Å². The van der Waals surface area contributed by atoms with Gasteiger partial charge in [0.1, 0.15) is 0 Å². The van der Waals surface area contributed by atoms with Gasteiger partial charge in [0.25, 0.3) is 0 Å². The van der Waals surface area contributed by atoms with Crippen molar-refractivity contribution in [2.75, 3.05) is 17.6 Å². The van der Waals surface area contributed by atoms with Gasteiger partial charge >= 0.3 is 0 Å². The van der Waals surface area contributed by atoms with Crippen molar-refractivity contribution >= 4 is 28.4 Å². The monoisotopic (exact) mass is 229 g/mol. The summed E-state index contributed by atoms with van der Waals surface area (Å²) in [5.74, 6) is 2.30. The quantitative estimate of drug-likeness (QED) is 0.861. The largest absolute Gasteiger partial charge is 0.360 e. The highest BCUT2D eigenvalue weighted by Gasteiger charge is 2.21. The first-order valence-electron chi connectivity index (χ1n) is 5.09. The molecule has 0 aromatic carbocycles. The third-order valence-corrected chi connectivity index (χ3v) is 4.25. The van der Waals surface area contributed by atoms with Crippen LogP contribution >= 0.6 is 23.3 Å². The highest BCUT2D eigenvalue weighted by Crippen LogP contribution is 2.39. The Bertz CT molecular complexity index is 281. The van der Waals surface area contributed by atoms with Crippen molar-refractivity contribution in [1.29, 1.82) is 0 Å². The molecule has 2 heterocycles. The van der Waals surface area contributed by atoms with Crippen LogP contribution in [0.25, 0.3) is 0 Å². The first-order chi connectivity index (χ1) is 6.90. The Morgan fingerprint density at radius 3 is 3.21 bits per heavy atom. The summed E-state index contributed by atoms with van der Waals surface area (Å²) in [4.78, 5) is 4.51. The molecule has 3 nitrogen and oxygen atoms in total. The summed E-state index contributed by atoms with van der Waals surface area (Å²) >= 11 is 3.48. The van der Waals surface area contributed by atoms with Crippen LogP contribution in [0.1, 0.15) is 37.3 Å². The number of nitrogens with zero attached hydrogens (tertiary/aromatic N) is 2. The Kier molecular flexibility index (Phi) is 3.64. The summed E-state index contributed by atoms with van der Waals surface area (Å²) in [6.45, 7) is 3.15. The third kappa shape index (κ3) is 2.39. The van der Waals surface area contributed by atoms with Crippen LogP contribution in [0, 0.1) is 0 Å². The van der Waals surface area contributed by atoms with Gasteiger partial charge in [-0.05, 0) is 25.0 Å². The number of rotatable bonds is 4. The van der Waals surface area contributed by atoms with E-state index in [1.165, 1.54) is 30.1 Å². The van der Waals surface area contributed by atoms with E-state index in [1.54, 1.807) is 0 Å². The van der Waals surface area contributed by atoms with Crippen molar-refractivity contribution in [3.63, 3.8) is 0 Å². The van der Waals surface area contributed by atoms with Crippen LogP contribution in [0.3, 0.4) is 0 Å². The van der Waals surface area contributed by atoms with Crippen LogP contribution in [-0.4, -0.2) is 21.7 Å². The summed E-state index contributed by atoms with van der Waals surface area (Å²) in [5, 5.41) is 4.81. The highest BCUT2D eigenvalue weighted by molar-refractivity contribution is 7.99. The summed E-state index contributed by atoms with van der Waals surface area (Å²) in [6, 6.07) is 0. The fraction of sp³-hybridized carbons (Fsp3) is 0.778. The zero-order valence-electron chi connectivity index (χ0n) is 8.32. The molecule has 0 aliphatic carbocycles. The van der Waals surface area contributed by atoms with E-state index in [-0.39, 0.29) is 0 Å². The lowest BCUT2D eigenvalue weighted by Crippen LogP contribution is -1.99. The van der Waals surface area contributed by atoms with Gasteiger partial charge in [0, 0.05) is 18.1 Å². The molecule has 1 aliphatic heterocycles. The van der Waals surface area contributed by atoms with Gasteiger partial charge in [-0.25, -0.2) is 4.98 Å². The number of aromatic nitrogens is 2. The number of nitrogens with one attached hydrogen (secondary N) is 1. The molecule has 0 saturated carbocycles. The zero-order valence-corrected chi connectivity index (χ0v) is 9.96. The molecule has 1 fully saturated rings. The summed E-state index contributed by atoms with van der Waals surface area (Å²) in [6.07, 6.45) is 3.69. The number of thioether (sulfide) groups is 1. The van der Waals surface area contributed by atoms with Crippen LogP contribution < -0.4 is 5.32 Å². The third-order valence-electron chi connectivity index (χ3n) is 2.19. The molecule has 2 rings (SSSR count). The lowest BCUT2D eigenvalue weighted by molar-refractivity contribution is 0.792. The number of anilines is 1. The zero-order chi connectivity index (χ0) is 9.80. The van der Waals surface area contributed by atoms with Crippen molar-refractivity contribution in [2.24, 2.45) is 0 Å². The summed E-state index contributed by atoms with van der Waals surface area (Å²) < 4.78 is 4.40. The standard InChI is InChI=1S/C9H15N3S2/c1-2-5-10-9-11-8(12-14-9)7-4-3-6-13-7/h7H,2-6H2,1H3,(H,10,11,12). The van der Waals surface area contributed by atoms with Gasteiger partial charge in [0.15, 0.2) is 5.82 Å². The van der Waals surface area contributed by atoms with Crippen LogP contribution in [-0.2, 0) is 0 Å². The Labute approximate surface area is 92.9 Å². The topological polar surface area (TPSA) is 37.8 Å². The molecule has 1 atom stereocenters. The van der Waals surface area contributed by atoms with Crippen LogP contribution in [0.2, 0.25) is 0 Å². The lowest BCUT2D eigenvalue weighted by atomic mass is 10.2. The van der Waals surface area contributed by atoms with Crippen molar-refractivity contribution in [1.82, 2.24) is 9.36 Å². The van der Waals surface area contributed by atoms with Crippen molar-refractivity contribution in [3.8, 4) is 0 Å². The average Bonchev–Trinajstić information content (AvgIpc) is 2.85. The van der Waals surface area contributed by atoms with Crippen molar-refractivity contribution in [3.05, 3.63) is 5.82 Å². The highest BCUT2D eigenvalue weighted by atomic mass is 32.2. The molecular formula is C9H15N3S2. The SMILES string of the molecule is CCCNc1nc(C2CCCS2)ns1. The number of hydrogen-bond acceptors (Lipinski definition) is 5. The Morgan fingerprint density at radius 2 is 2.50 bits per heavy atom. The molecule has 0 spiro atoms. The minimum absolute atomic E-state index is 0.559. The van der Waals surface area contributed by atoms with Crippen LogP contribution in [0.4, 0.5) is 5.13 Å². The fourth-order valence-corrected chi connectivity index (χ4v) is 3.37. The van der Waals surface area contributed by atoms with E-state index in [0.717, 1.165) is 23.9 Å². The molecule has 5 heteroatoms. The second-order valence-electron chi connectivity index (χ2n) is 3.39. The Balaban J connectivity index is 1.94. The van der Waals surface area contributed by atoms with Gasteiger partial charge in [-0.1, -0.05) is 6.92 Å². The maximum absolute atomic E-state index is 4.51. The van der Waals surface area contributed by atoms with Gasteiger partial charge in [0.05, 0.1) is 5.25 Å². The predicted octanol–water partition coefficient (Wildman–Crippen LogP) is 2.93. The molecule has 1 aromatic rings. The van der Waals surface area contributed by atoms with E-state index >= 15 is 0 Å². The molecule has 1 unspecified atom stereocenters. The maximum Gasteiger partial charge on any atom is 0.202 e. The predicted molar refractivity (Wildman–Crippen MR) is 63.1 cm³/mol. The van der Waals surface area contributed by atoms with E-state index in [1.807, 2.05) is 11.8 Å². The maximum atomic E-state index is 4.51. The van der Waals surface area contributed by atoms with Gasteiger partial charge in [-0.3, -0.25) is 0 Å². The smallest absolute Gasteiger partial charge is 0.202 e. The molecule has 1 aliphatic rings. The second kappa shape index (κ2) is 4.98. The minimum Gasteiger partial charge on any atom is -0.360 e. The Morgan fingerprint density at radius 1 is 1.57 bits per heavy atom. The summed E-state index contributed by atoms with van der Waals surface area (Å²) in [5.41, 5.74) is 0. The van der Waals surface area contributed by atoms with Crippen LogP contribution in [0.5, 0.6) is 0 Å². The normalized spacial score (nSPS) is 21.4. The van der Waals surface area contributed by atoms with E-state index < -0.39 is 0 Å². The Hall–Kier alpha value is -0.290. The molecular weight excluding hydrogens is 214 g/mol. The van der Waals surface area contributed by atoms with E-state index in [2.05, 4.69) is 21.6 Å². The van der Waals surface area contributed by atoms with Gasteiger partial charge in [-0.2, -0.15) is 16.1 Å². The first-order valence-corrected chi connectivity index (χ1v) is 6.91. The number of hydrogen-bond donors (Lipinski definition) is 1. The minimum atomic E-state index is 0.559.